The summed E-state index contributed by atoms with van der Waals surface area (Å²) < 4.78 is 5.16. The molecule has 1 aromatic heterocycles. The van der Waals surface area contributed by atoms with Gasteiger partial charge in [-0.1, -0.05) is 0 Å². The van der Waals surface area contributed by atoms with E-state index in [4.69, 9.17) is 14.6 Å². The summed E-state index contributed by atoms with van der Waals surface area (Å²) in [4.78, 5) is 39.2. The Labute approximate surface area is 181 Å². The normalized spacial score (nSPS) is 20.8. The molecule has 1 saturated carbocycles. The molecule has 1 aromatic rings. The van der Waals surface area contributed by atoms with E-state index in [1.165, 1.54) is 24.2 Å². The van der Waals surface area contributed by atoms with Crippen LogP contribution in [0.25, 0.3) is 0 Å². The molecule has 168 valence electrons. The van der Waals surface area contributed by atoms with Gasteiger partial charge in [0.2, 0.25) is 11.8 Å². The van der Waals surface area contributed by atoms with Crippen molar-refractivity contribution in [3.63, 3.8) is 0 Å². The Bertz CT molecular complexity index is 654. The zero-order valence-electron chi connectivity index (χ0n) is 17.4. The van der Waals surface area contributed by atoms with Crippen LogP contribution in [0.5, 0.6) is 0 Å². The van der Waals surface area contributed by atoms with Crippen molar-refractivity contribution in [1.82, 2.24) is 20.5 Å². The highest BCUT2D eigenvalue weighted by Gasteiger charge is 2.37. The lowest BCUT2D eigenvalue weighted by Crippen LogP contribution is -2.46. The van der Waals surface area contributed by atoms with E-state index in [-0.39, 0.29) is 30.9 Å². The maximum Gasteiger partial charge on any atom is 0.290 e. The number of hydrogen-bond acceptors (Lipinski definition) is 7. The number of likely N-dealkylation sites (tertiary alicyclic amines) is 1. The summed E-state index contributed by atoms with van der Waals surface area (Å²) in [5.41, 5.74) is 2.68. The van der Waals surface area contributed by atoms with E-state index in [1.54, 1.807) is 5.51 Å². The lowest BCUT2D eigenvalue weighted by Gasteiger charge is -2.30. The van der Waals surface area contributed by atoms with E-state index >= 15 is 0 Å². The molecule has 0 spiro atoms. The first-order valence-electron chi connectivity index (χ1n) is 10.4. The molecule has 10 heteroatoms. The van der Waals surface area contributed by atoms with Gasteiger partial charge in [-0.25, -0.2) is 4.98 Å². The summed E-state index contributed by atoms with van der Waals surface area (Å²) in [6, 6.07) is 0.572. The molecular weight excluding hydrogens is 408 g/mol. The predicted molar refractivity (Wildman–Crippen MR) is 113 cm³/mol. The smallest absolute Gasteiger partial charge is 0.290 e. The second-order valence-corrected chi connectivity index (χ2v) is 8.25. The van der Waals surface area contributed by atoms with Gasteiger partial charge >= 0.3 is 0 Å². The molecule has 2 aliphatic rings. The number of nitrogens with one attached hydrogen (secondary N) is 2. The van der Waals surface area contributed by atoms with Gasteiger partial charge in [0.15, 0.2) is 0 Å². The van der Waals surface area contributed by atoms with E-state index in [2.05, 4.69) is 20.5 Å². The molecule has 3 rings (SSSR count). The quantitative estimate of drug-likeness (QED) is 0.443. The van der Waals surface area contributed by atoms with Crippen LogP contribution < -0.4 is 10.6 Å². The SMILES string of the molecule is CCOCC(=O)NC[C@@H]1CC[C@H](CC(=O)NCc2cscn2)N1CC1CC1.O=CO. The molecule has 9 nitrogen and oxygen atoms in total. The summed E-state index contributed by atoms with van der Waals surface area (Å²) in [5, 5.41) is 14.8. The molecule has 2 amide bonds. The fourth-order valence-corrected chi connectivity index (χ4v) is 4.19. The van der Waals surface area contributed by atoms with Crippen LogP contribution in [0.4, 0.5) is 0 Å². The molecule has 2 heterocycles. The van der Waals surface area contributed by atoms with E-state index in [9.17, 15) is 9.59 Å². The largest absolute Gasteiger partial charge is 0.483 e. The Morgan fingerprint density at radius 1 is 1.27 bits per heavy atom. The van der Waals surface area contributed by atoms with Crippen LogP contribution in [0, 0.1) is 5.92 Å². The van der Waals surface area contributed by atoms with Crippen molar-refractivity contribution in [2.45, 2.75) is 57.7 Å². The average molecular weight is 441 g/mol. The van der Waals surface area contributed by atoms with E-state index < -0.39 is 0 Å². The minimum Gasteiger partial charge on any atom is -0.483 e. The fraction of sp³-hybridized carbons (Fsp3) is 0.700. The van der Waals surface area contributed by atoms with Crippen LogP contribution in [0.15, 0.2) is 10.9 Å². The van der Waals surface area contributed by atoms with Crippen LogP contribution in [-0.4, -0.2) is 71.7 Å². The Balaban J connectivity index is 0.00000101. The van der Waals surface area contributed by atoms with Crippen LogP contribution in [0.2, 0.25) is 0 Å². The number of nitrogens with zero attached hydrogens (tertiary/aromatic N) is 2. The number of amides is 2. The molecule has 0 aromatic carbocycles. The Hall–Kier alpha value is -2.04. The number of thiazole rings is 1. The fourth-order valence-electron chi connectivity index (χ4n) is 3.63. The lowest BCUT2D eigenvalue weighted by atomic mass is 10.1. The maximum atomic E-state index is 12.4. The molecule has 30 heavy (non-hydrogen) atoms. The van der Waals surface area contributed by atoms with Crippen molar-refractivity contribution < 1.29 is 24.2 Å². The van der Waals surface area contributed by atoms with Gasteiger partial charge in [-0.2, -0.15) is 0 Å². The summed E-state index contributed by atoms with van der Waals surface area (Å²) in [7, 11) is 0. The number of rotatable bonds is 11. The predicted octanol–water partition coefficient (Wildman–Crippen LogP) is 1.25. The molecular formula is C20H32N4O5S. The van der Waals surface area contributed by atoms with E-state index in [1.807, 2.05) is 12.3 Å². The number of ether oxygens (including phenoxy) is 1. The molecule has 1 aliphatic carbocycles. The maximum absolute atomic E-state index is 12.4. The van der Waals surface area contributed by atoms with Crippen LogP contribution in [0.1, 0.15) is 44.7 Å². The van der Waals surface area contributed by atoms with Crippen molar-refractivity contribution in [3.8, 4) is 0 Å². The summed E-state index contributed by atoms with van der Waals surface area (Å²) in [6.45, 7) is 4.46. The van der Waals surface area contributed by atoms with Gasteiger partial charge in [0.05, 0.1) is 17.7 Å². The number of carboxylic acid groups (broad SMARTS) is 1. The van der Waals surface area contributed by atoms with Gasteiger partial charge in [-0.15, -0.1) is 11.3 Å². The highest BCUT2D eigenvalue weighted by atomic mass is 32.1. The van der Waals surface area contributed by atoms with Gasteiger partial charge < -0.3 is 20.5 Å². The first-order chi connectivity index (χ1) is 14.6. The molecule has 0 radical (unpaired) electrons. The monoisotopic (exact) mass is 440 g/mol. The van der Waals surface area contributed by atoms with E-state index in [0.717, 1.165) is 31.0 Å². The second kappa shape index (κ2) is 13.3. The standard InChI is InChI=1S/C19H30N4O3S.CH2O2/c1-2-26-11-19(25)21-9-17-6-5-16(23(17)10-14-3-4-14)7-18(24)20-8-15-12-27-13-22-15;2-1-3/h12-14,16-17H,2-11H2,1H3,(H,20,24)(H,21,25);1H,(H,2,3)/t16-,17+;/m1./s1. The van der Waals surface area contributed by atoms with Crippen molar-refractivity contribution >= 4 is 29.6 Å². The second-order valence-electron chi connectivity index (χ2n) is 7.53. The molecule has 2 fully saturated rings. The van der Waals surface area contributed by atoms with Crippen molar-refractivity contribution in [1.29, 1.82) is 0 Å². The number of hydrogen-bond donors (Lipinski definition) is 3. The Morgan fingerprint density at radius 2 is 2.00 bits per heavy atom. The number of aromatic nitrogens is 1. The summed E-state index contributed by atoms with van der Waals surface area (Å²) >= 11 is 1.54. The van der Waals surface area contributed by atoms with Gasteiger partial charge in [-0.3, -0.25) is 19.3 Å². The molecule has 0 unspecified atom stereocenters. The highest BCUT2D eigenvalue weighted by Crippen LogP contribution is 2.35. The van der Waals surface area contributed by atoms with Crippen LogP contribution in [-0.2, 0) is 25.7 Å². The van der Waals surface area contributed by atoms with Gasteiger partial charge in [0, 0.05) is 43.6 Å². The van der Waals surface area contributed by atoms with Gasteiger partial charge in [0.25, 0.3) is 6.47 Å². The first kappa shape index (κ1) is 24.2. The van der Waals surface area contributed by atoms with Crippen molar-refractivity contribution in [2.24, 2.45) is 5.92 Å². The molecule has 0 bridgehead atoms. The average Bonchev–Trinajstić information content (AvgIpc) is 3.24. The lowest BCUT2D eigenvalue weighted by molar-refractivity contribution is -0.126. The molecule has 2 atom stereocenters. The topological polar surface area (TPSA) is 121 Å². The molecule has 3 N–H and O–H groups in total. The third kappa shape index (κ3) is 8.76. The van der Waals surface area contributed by atoms with Gasteiger partial charge in [0.1, 0.15) is 6.61 Å². The van der Waals surface area contributed by atoms with Crippen LogP contribution >= 0.6 is 11.3 Å². The third-order valence-electron chi connectivity index (χ3n) is 5.28. The third-order valence-corrected chi connectivity index (χ3v) is 5.92. The zero-order chi connectivity index (χ0) is 21.8. The van der Waals surface area contributed by atoms with Gasteiger partial charge in [-0.05, 0) is 38.5 Å². The Morgan fingerprint density at radius 3 is 2.63 bits per heavy atom. The summed E-state index contributed by atoms with van der Waals surface area (Å²) in [6.07, 6.45) is 5.10. The number of carbonyl (C=O) groups is 3. The van der Waals surface area contributed by atoms with E-state index in [0.29, 0.717) is 32.2 Å². The zero-order valence-corrected chi connectivity index (χ0v) is 18.2. The summed E-state index contributed by atoms with van der Waals surface area (Å²) in [5.74, 6) is 0.771. The van der Waals surface area contributed by atoms with Crippen molar-refractivity contribution in [2.75, 3.05) is 26.3 Å². The number of carbonyl (C=O) groups excluding carboxylic acids is 2. The molecule has 1 saturated heterocycles. The molecule has 1 aliphatic heterocycles. The minimum atomic E-state index is -0.250. The van der Waals surface area contributed by atoms with Crippen molar-refractivity contribution in [3.05, 3.63) is 16.6 Å². The highest BCUT2D eigenvalue weighted by molar-refractivity contribution is 7.07. The van der Waals surface area contributed by atoms with Crippen LogP contribution in [0.3, 0.4) is 0 Å². The Kier molecular flexibility index (Phi) is 10.7. The minimum absolute atomic E-state index is 0.0623. The first-order valence-corrected chi connectivity index (χ1v) is 11.3.